The topological polar surface area (TPSA) is 85.3 Å². The number of rotatable bonds is 2. The van der Waals surface area contributed by atoms with Crippen LogP contribution in [0.25, 0.3) is 0 Å². The van der Waals surface area contributed by atoms with E-state index in [0.29, 0.717) is 17.0 Å². The van der Waals surface area contributed by atoms with Crippen molar-refractivity contribution in [3.05, 3.63) is 41.4 Å². The van der Waals surface area contributed by atoms with E-state index < -0.39 is 0 Å². The highest BCUT2D eigenvalue weighted by Crippen LogP contribution is 2.19. The Bertz CT molecular complexity index is 535. The lowest BCUT2D eigenvalue weighted by molar-refractivity contribution is -0.122. The van der Waals surface area contributed by atoms with Gasteiger partial charge in [-0.15, -0.1) is 0 Å². The fraction of sp³-hybridized carbons (Fsp3) is 0.250. The highest BCUT2D eigenvalue weighted by atomic mass is 16.3. The Morgan fingerprint density at radius 3 is 2.50 bits per heavy atom. The number of carbonyl (C=O) groups is 2. The highest BCUT2D eigenvalue weighted by molar-refractivity contribution is 6.09. The fourth-order valence-electron chi connectivity index (χ4n) is 1.62. The molecule has 0 saturated carbocycles. The molecular formula is C12H14N2O4. The van der Waals surface area contributed by atoms with Crippen molar-refractivity contribution in [1.82, 2.24) is 9.55 Å². The first-order valence-corrected chi connectivity index (χ1v) is 5.16. The van der Waals surface area contributed by atoms with E-state index in [9.17, 15) is 4.79 Å². The van der Waals surface area contributed by atoms with Crippen LogP contribution in [0.1, 0.15) is 27.4 Å². The zero-order valence-electron chi connectivity index (χ0n) is 10.4. The Balaban J connectivity index is 0.000000492. The number of carboxylic acid groups (broad SMARTS) is 1. The summed E-state index contributed by atoms with van der Waals surface area (Å²) in [5, 5.41) is 6.89. The highest BCUT2D eigenvalue weighted by Gasteiger charge is 2.19. The van der Waals surface area contributed by atoms with Gasteiger partial charge in [-0.25, -0.2) is 4.98 Å². The number of hydrogen-bond acceptors (Lipinski definition) is 4. The van der Waals surface area contributed by atoms with Gasteiger partial charge >= 0.3 is 0 Å². The van der Waals surface area contributed by atoms with Crippen molar-refractivity contribution in [2.45, 2.75) is 13.8 Å². The molecule has 0 radical (unpaired) electrons. The van der Waals surface area contributed by atoms with Crippen molar-refractivity contribution in [2.24, 2.45) is 7.05 Å². The van der Waals surface area contributed by atoms with Crippen LogP contribution in [0.15, 0.2) is 23.2 Å². The molecule has 0 bridgehead atoms. The van der Waals surface area contributed by atoms with Crippen LogP contribution < -0.4 is 0 Å². The van der Waals surface area contributed by atoms with Crippen LogP contribution in [-0.4, -0.2) is 26.9 Å². The summed E-state index contributed by atoms with van der Waals surface area (Å²) in [6.45, 7) is 3.40. The predicted octanol–water partition coefficient (Wildman–Crippen LogP) is 1.56. The molecule has 2 rings (SSSR count). The summed E-state index contributed by atoms with van der Waals surface area (Å²) < 4.78 is 6.91. The maximum atomic E-state index is 12.1. The molecule has 0 unspecified atom stereocenters. The first-order chi connectivity index (χ1) is 8.52. The van der Waals surface area contributed by atoms with E-state index in [1.54, 1.807) is 37.3 Å². The number of furan rings is 1. The molecule has 0 aliphatic heterocycles. The zero-order valence-corrected chi connectivity index (χ0v) is 10.4. The molecule has 2 aromatic heterocycles. The molecule has 6 heteroatoms. The van der Waals surface area contributed by atoms with Crippen molar-refractivity contribution in [3.8, 4) is 0 Å². The van der Waals surface area contributed by atoms with Gasteiger partial charge in [0.15, 0.2) is 0 Å². The van der Waals surface area contributed by atoms with Gasteiger partial charge < -0.3 is 14.1 Å². The molecule has 1 N–H and O–H groups in total. The van der Waals surface area contributed by atoms with Gasteiger partial charge in [0.25, 0.3) is 6.47 Å². The Morgan fingerprint density at radius 1 is 1.50 bits per heavy atom. The average Bonchev–Trinajstić information content (AvgIpc) is 2.86. The van der Waals surface area contributed by atoms with E-state index in [4.69, 9.17) is 14.3 Å². The van der Waals surface area contributed by atoms with Crippen LogP contribution in [0.2, 0.25) is 0 Å². The molecule has 0 atom stereocenters. The lowest BCUT2D eigenvalue weighted by Crippen LogP contribution is -2.08. The van der Waals surface area contributed by atoms with Gasteiger partial charge in [0, 0.05) is 7.05 Å². The quantitative estimate of drug-likeness (QED) is 0.645. The first kappa shape index (κ1) is 13.7. The van der Waals surface area contributed by atoms with Crippen molar-refractivity contribution in [3.63, 3.8) is 0 Å². The maximum absolute atomic E-state index is 12.1. The molecule has 2 aromatic rings. The number of aromatic nitrogens is 2. The molecule has 0 amide bonds. The molecule has 0 aliphatic rings. The maximum Gasteiger partial charge on any atom is 0.290 e. The van der Waals surface area contributed by atoms with E-state index in [1.165, 1.54) is 0 Å². The Hall–Kier alpha value is -2.37. The third-order valence-electron chi connectivity index (χ3n) is 2.44. The normalized spacial score (nSPS) is 9.50. The molecular weight excluding hydrogens is 236 g/mol. The molecule has 0 aliphatic carbocycles. The third-order valence-corrected chi connectivity index (χ3v) is 2.44. The van der Waals surface area contributed by atoms with Gasteiger partial charge in [0.2, 0.25) is 5.78 Å². The lowest BCUT2D eigenvalue weighted by Gasteiger charge is -2.01. The van der Waals surface area contributed by atoms with E-state index in [2.05, 4.69) is 4.98 Å². The largest absolute Gasteiger partial charge is 0.483 e. The summed E-state index contributed by atoms with van der Waals surface area (Å²) in [4.78, 5) is 24.4. The molecule has 0 aromatic carbocycles. The predicted molar refractivity (Wildman–Crippen MR) is 63.5 cm³/mol. The average molecular weight is 250 g/mol. The molecule has 18 heavy (non-hydrogen) atoms. The van der Waals surface area contributed by atoms with E-state index >= 15 is 0 Å². The second-order valence-electron chi connectivity index (χ2n) is 3.67. The van der Waals surface area contributed by atoms with Gasteiger partial charge in [0.05, 0.1) is 24.4 Å². The fourth-order valence-corrected chi connectivity index (χ4v) is 1.62. The number of hydrogen-bond donors (Lipinski definition) is 1. The summed E-state index contributed by atoms with van der Waals surface area (Å²) in [5.41, 5.74) is 2.07. The minimum absolute atomic E-state index is 0.0428. The summed E-state index contributed by atoms with van der Waals surface area (Å²) in [6.07, 6.45) is 4.77. The van der Waals surface area contributed by atoms with Gasteiger partial charge in [-0.3, -0.25) is 9.59 Å². The SMILES string of the molecule is Cc1coc(C)c1C(=O)c1cncn1C.O=CO. The van der Waals surface area contributed by atoms with Crippen molar-refractivity contribution in [1.29, 1.82) is 0 Å². The number of imidazole rings is 1. The monoisotopic (exact) mass is 250 g/mol. The second-order valence-corrected chi connectivity index (χ2v) is 3.67. The molecule has 96 valence electrons. The van der Waals surface area contributed by atoms with Crippen LogP contribution in [0.4, 0.5) is 0 Å². The number of nitrogens with zero attached hydrogens (tertiary/aromatic N) is 2. The standard InChI is InChI=1S/C11H12N2O2.CH2O2/c1-7-5-15-8(2)10(7)11(14)9-4-12-6-13(9)3;2-1-3/h4-6H,1-3H3;1H,(H,2,3). The van der Waals surface area contributed by atoms with Crippen LogP contribution >= 0.6 is 0 Å². The summed E-state index contributed by atoms with van der Waals surface area (Å²) in [7, 11) is 1.80. The zero-order chi connectivity index (χ0) is 13.7. The summed E-state index contributed by atoms with van der Waals surface area (Å²) in [5.74, 6) is 0.609. The van der Waals surface area contributed by atoms with E-state index in [1.807, 2.05) is 6.92 Å². The number of ketones is 1. The smallest absolute Gasteiger partial charge is 0.290 e. The third kappa shape index (κ3) is 2.65. The Kier molecular flexibility index (Phi) is 4.42. The van der Waals surface area contributed by atoms with E-state index in [-0.39, 0.29) is 12.3 Å². The number of aryl methyl sites for hydroxylation is 3. The Morgan fingerprint density at radius 2 is 2.11 bits per heavy atom. The van der Waals surface area contributed by atoms with E-state index in [0.717, 1.165) is 5.56 Å². The van der Waals surface area contributed by atoms with Crippen LogP contribution in [0, 0.1) is 13.8 Å². The summed E-state index contributed by atoms with van der Waals surface area (Å²) >= 11 is 0. The van der Waals surface area contributed by atoms with Crippen molar-refractivity contribution >= 4 is 12.3 Å². The molecule has 0 fully saturated rings. The van der Waals surface area contributed by atoms with Gasteiger partial charge in [-0.2, -0.15) is 0 Å². The van der Waals surface area contributed by atoms with Crippen LogP contribution in [0.5, 0.6) is 0 Å². The minimum Gasteiger partial charge on any atom is -0.483 e. The minimum atomic E-state index is -0.250. The van der Waals surface area contributed by atoms with Crippen molar-refractivity contribution in [2.75, 3.05) is 0 Å². The lowest BCUT2D eigenvalue weighted by atomic mass is 10.1. The van der Waals surface area contributed by atoms with Crippen LogP contribution in [-0.2, 0) is 11.8 Å². The van der Waals surface area contributed by atoms with Gasteiger partial charge in [0.1, 0.15) is 11.5 Å². The second kappa shape index (κ2) is 5.81. The molecule has 6 nitrogen and oxygen atoms in total. The van der Waals surface area contributed by atoms with Crippen LogP contribution in [0.3, 0.4) is 0 Å². The number of carbonyl (C=O) groups excluding carboxylic acids is 1. The molecule has 0 spiro atoms. The molecule has 2 heterocycles. The van der Waals surface area contributed by atoms with Gasteiger partial charge in [-0.1, -0.05) is 0 Å². The Labute approximate surface area is 104 Å². The summed E-state index contributed by atoms with van der Waals surface area (Å²) in [6, 6.07) is 0. The molecule has 0 saturated heterocycles. The first-order valence-electron chi connectivity index (χ1n) is 5.16. The van der Waals surface area contributed by atoms with Gasteiger partial charge in [-0.05, 0) is 19.4 Å². The van der Waals surface area contributed by atoms with Crippen molar-refractivity contribution < 1.29 is 19.1 Å².